The molecule has 4 aliphatic rings. The van der Waals surface area contributed by atoms with E-state index in [0.29, 0.717) is 5.54 Å². The van der Waals surface area contributed by atoms with Crippen LogP contribution in [0.1, 0.15) is 58.8 Å². The van der Waals surface area contributed by atoms with E-state index in [-0.39, 0.29) is 0 Å². The molecule has 0 radical (unpaired) electrons. The molecule has 0 bridgehead atoms. The van der Waals surface area contributed by atoms with Gasteiger partial charge < -0.3 is 5.32 Å². The van der Waals surface area contributed by atoms with Crippen LogP contribution < -0.4 is 5.32 Å². The topological polar surface area (TPSA) is 18.5 Å². The minimum Gasteiger partial charge on any atom is -0.308 e. The molecule has 2 heterocycles. The minimum absolute atomic E-state index is 0.471. The van der Waals surface area contributed by atoms with E-state index in [0.717, 1.165) is 24.0 Å². The number of nitrogens with zero attached hydrogens (tertiary/aromatic N) is 2. The van der Waals surface area contributed by atoms with Crippen LogP contribution in [-0.4, -0.2) is 59.6 Å². The molecule has 2 saturated heterocycles. The Morgan fingerprint density at radius 3 is 2.48 bits per heavy atom. The van der Waals surface area contributed by atoms with Gasteiger partial charge in [-0.3, -0.25) is 9.80 Å². The zero-order chi connectivity index (χ0) is 14.4. The van der Waals surface area contributed by atoms with Crippen molar-refractivity contribution in [2.45, 2.75) is 82.5 Å². The zero-order valence-corrected chi connectivity index (χ0v) is 14.0. The quantitative estimate of drug-likeness (QED) is 0.862. The molecule has 2 saturated carbocycles. The van der Waals surface area contributed by atoms with E-state index in [9.17, 15) is 0 Å². The van der Waals surface area contributed by atoms with E-state index in [1.807, 2.05) is 0 Å². The van der Waals surface area contributed by atoms with E-state index >= 15 is 0 Å². The summed E-state index contributed by atoms with van der Waals surface area (Å²) < 4.78 is 0. The fourth-order valence-electron chi connectivity index (χ4n) is 5.18. The van der Waals surface area contributed by atoms with Crippen LogP contribution in [0.15, 0.2) is 0 Å². The minimum atomic E-state index is 0.471. The molecular weight excluding hydrogens is 258 g/mol. The number of hydrogen-bond donors (Lipinski definition) is 1. The van der Waals surface area contributed by atoms with Gasteiger partial charge in [-0.05, 0) is 38.0 Å². The van der Waals surface area contributed by atoms with Crippen LogP contribution in [0.3, 0.4) is 0 Å². The molecule has 1 spiro atoms. The fraction of sp³-hybridized carbons (Fsp3) is 1.00. The lowest BCUT2D eigenvalue weighted by Crippen LogP contribution is -2.66. The van der Waals surface area contributed by atoms with E-state index in [2.05, 4.69) is 29.0 Å². The first-order chi connectivity index (χ1) is 10.2. The van der Waals surface area contributed by atoms with Crippen LogP contribution >= 0.6 is 0 Å². The second kappa shape index (κ2) is 5.50. The van der Waals surface area contributed by atoms with Crippen molar-refractivity contribution in [2.75, 3.05) is 26.2 Å². The monoisotopic (exact) mass is 291 g/mol. The third-order valence-corrected chi connectivity index (χ3v) is 6.65. The first-order valence-electron chi connectivity index (χ1n) is 9.42. The maximum atomic E-state index is 3.97. The Morgan fingerprint density at radius 2 is 1.81 bits per heavy atom. The molecule has 2 unspecified atom stereocenters. The van der Waals surface area contributed by atoms with Crippen LogP contribution in [0.5, 0.6) is 0 Å². The molecule has 21 heavy (non-hydrogen) atoms. The van der Waals surface area contributed by atoms with Gasteiger partial charge in [-0.15, -0.1) is 0 Å². The summed E-state index contributed by atoms with van der Waals surface area (Å²) in [5, 5.41) is 3.97. The fourth-order valence-corrected chi connectivity index (χ4v) is 5.18. The van der Waals surface area contributed by atoms with Crippen molar-refractivity contribution in [1.29, 1.82) is 0 Å². The standard InChI is InChI=1S/C18H33N3/c1-14(2)17-11-19-18(8-3-4-9-18)13-21(17)16-7-10-20(12-16)15-5-6-15/h14-17,19H,3-13H2,1-2H3. The molecule has 4 fully saturated rings. The summed E-state index contributed by atoms with van der Waals surface area (Å²) in [4.78, 5) is 5.72. The lowest BCUT2D eigenvalue weighted by atomic mass is 9.87. The second-order valence-electron chi connectivity index (χ2n) is 8.52. The number of rotatable bonds is 3. The van der Waals surface area contributed by atoms with E-state index in [1.165, 1.54) is 71.1 Å². The molecule has 120 valence electrons. The average Bonchev–Trinajstić information content (AvgIpc) is 3.04. The third-order valence-electron chi connectivity index (χ3n) is 6.65. The second-order valence-corrected chi connectivity index (χ2v) is 8.52. The van der Waals surface area contributed by atoms with Crippen molar-refractivity contribution in [1.82, 2.24) is 15.1 Å². The molecule has 0 aromatic heterocycles. The highest BCUT2D eigenvalue weighted by Crippen LogP contribution is 2.37. The first-order valence-corrected chi connectivity index (χ1v) is 9.42. The molecule has 1 N–H and O–H groups in total. The van der Waals surface area contributed by atoms with Crippen LogP contribution in [0.2, 0.25) is 0 Å². The molecule has 2 aliphatic carbocycles. The van der Waals surface area contributed by atoms with Gasteiger partial charge >= 0.3 is 0 Å². The Bertz CT molecular complexity index is 371. The van der Waals surface area contributed by atoms with Crippen molar-refractivity contribution >= 4 is 0 Å². The average molecular weight is 291 g/mol. The van der Waals surface area contributed by atoms with Gasteiger partial charge in [0, 0.05) is 49.8 Å². The molecule has 2 aliphatic heterocycles. The van der Waals surface area contributed by atoms with E-state index < -0.39 is 0 Å². The van der Waals surface area contributed by atoms with Crippen molar-refractivity contribution in [2.24, 2.45) is 5.92 Å². The molecule has 3 heteroatoms. The van der Waals surface area contributed by atoms with Crippen molar-refractivity contribution in [3.8, 4) is 0 Å². The maximum absolute atomic E-state index is 3.97. The summed E-state index contributed by atoms with van der Waals surface area (Å²) in [6.07, 6.45) is 10.0. The molecule has 3 nitrogen and oxygen atoms in total. The van der Waals surface area contributed by atoms with Crippen LogP contribution in [-0.2, 0) is 0 Å². The van der Waals surface area contributed by atoms with Crippen LogP contribution in [0.25, 0.3) is 0 Å². The van der Waals surface area contributed by atoms with E-state index in [1.54, 1.807) is 0 Å². The van der Waals surface area contributed by atoms with Gasteiger partial charge in [-0.2, -0.15) is 0 Å². The number of nitrogens with one attached hydrogen (secondary N) is 1. The number of hydrogen-bond acceptors (Lipinski definition) is 3. The van der Waals surface area contributed by atoms with Gasteiger partial charge in [0.25, 0.3) is 0 Å². The van der Waals surface area contributed by atoms with Gasteiger partial charge in [0.1, 0.15) is 0 Å². The Morgan fingerprint density at radius 1 is 1.05 bits per heavy atom. The normalized spacial score (nSPS) is 37.9. The predicted octanol–water partition coefficient (Wildman–Crippen LogP) is 2.47. The number of likely N-dealkylation sites (tertiary alicyclic amines) is 1. The molecule has 0 amide bonds. The Balaban J connectivity index is 1.48. The largest absolute Gasteiger partial charge is 0.308 e. The third kappa shape index (κ3) is 2.77. The smallest absolute Gasteiger partial charge is 0.0309 e. The lowest BCUT2D eigenvalue weighted by molar-refractivity contribution is 0.0242. The summed E-state index contributed by atoms with van der Waals surface area (Å²) >= 11 is 0. The van der Waals surface area contributed by atoms with Gasteiger partial charge in [0.05, 0.1) is 0 Å². The highest BCUT2D eigenvalue weighted by Gasteiger charge is 2.46. The predicted molar refractivity (Wildman–Crippen MR) is 87.5 cm³/mol. The van der Waals surface area contributed by atoms with E-state index in [4.69, 9.17) is 0 Å². The highest BCUT2D eigenvalue weighted by atomic mass is 15.3. The summed E-state index contributed by atoms with van der Waals surface area (Å²) in [5.74, 6) is 0.770. The van der Waals surface area contributed by atoms with Crippen LogP contribution in [0, 0.1) is 5.92 Å². The zero-order valence-electron chi connectivity index (χ0n) is 14.0. The van der Waals surface area contributed by atoms with Gasteiger partial charge in [0.15, 0.2) is 0 Å². The van der Waals surface area contributed by atoms with Crippen molar-refractivity contribution in [3.05, 3.63) is 0 Å². The Hall–Kier alpha value is -0.120. The summed E-state index contributed by atoms with van der Waals surface area (Å²) in [5.41, 5.74) is 0.471. The molecular formula is C18H33N3. The highest BCUT2D eigenvalue weighted by molar-refractivity contribution is 5.04. The molecule has 0 aromatic carbocycles. The van der Waals surface area contributed by atoms with Gasteiger partial charge in [-0.25, -0.2) is 0 Å². The van der Waals surface area contributed by atoms with Gasteiger partial charge in [0.2, 0.25) is 0 Å². The van der Waals surface area contributed by atoms with Gasteiger partial charge in [-0.1, -0.05) is 26.7 Å². The lowest BCUT2D eigenvalue weighted by Gasteiger charge is -2.50. The Kier molecular flexibility index (Phi) is 3.79. The SMILES string of the molecule is CC(C)C1CNC2(CCCC2)CN1C1CCN(C2CC2)C1. The van der Waals surface area contributed by atoms with Crippen molar-refractivity contribution < 1.29 is 0 Å². The molecule has 2 atom stereocenters. The maximum Gasteiger partial charge on any atom is 0.0309 e. The summed E-state index contributed by atoms with van der Waals surface area (Å²) in [7, 11) is 0. The van der Waals surface area contributed by atoms with Crippen LogP contribution in [0.4, 0.5) is 0 Å². The molecule has 4 rings (SSSR count). The molecule has 0 aromatic rings. The summed E-state index contributed by atoms with van der Waals surface area (Å²) in [6, 6.07) is 2.54. The number of piperazine rings is 1. The summed E-state index contributed by atoms with van der Waals surface area (Å²) in [6.45, 7) is 10.1. The van der Waals surface area contributed by atoms with Crippen molar-refractivity contribution in [3.63, 3.8) is 0 Å². The Labute approximate surface area is 130 Å². The first kappa shape index (κ1) is 14.5.